The fourth-order valence-electron chi connectivity index (χ4n) is 1.13. The number of halogens is 1. The van der Waals surface area contributed by atoms with Gasteiger partial charge in [-0.1, -0.05) is 33.6 Å². The number of rotatable bonds is 4. The summed E-state index contributed by atoms with van der Waals surface area (Å²) in [6, 6.07) is 0. The van der Waals surface area contributed by atoms with E-state index in [2.05, 4.69) is 13.8 Å². The van der Waals surface area contributed by atoms with E-state index in [1.54, 1.807) is 0 Å². The summed E-state index contributed by atoms with van der Waals surface area (Å²) in [5.74, 6) is 0.301. The van der Waals surface area contributed by atoms with Crippen molar-refractivity contribution in [3.8, 4) is 0 Å². The molecule has 0 saturated heterocycles. The summed E-state index contributed by atoms with van der Waals surface area (Å²) in [5.41, 5.74) is 0. The van der Waals surface area contributed by atoms with Gasteiger partial charge in [0.25, 0.3) is 0 Å². The molecule has 0 aliphatic carbocycles. The molecule has 1 unspecified atom stereocenters. The molecule has 0 saturated carbocycles. The van der Waals surface area contributed by atoms with E-state index in [0.717, 1.165) is 12.8 Å². The van der Waals surface area contributed by atoms with Crippen molar-refractivity contribution in [1.29, 1.82) is 0 Å². The molecule has 0 N–H and O–H groups in total. The first-order valence-corrected chi connectivity index (χ1v) is 3.90. The van der Waals surface area contributed by atoms with E-state index in [1.165, 1.54) is 0 Å². The Bertz CT molecular complexity index is 57.6. The summed E-state index contributed by atoms with van der Waals surface area (Å²) in [7, 11) is 0. The molecule has 1 heteroatoms. The highest BCUT2D eigenvalue weighted by Crippen LogP contribution is 2.18. The second-order valence-corrected chi connectivity index (χ2v) is 2.50. The summed E-state index contributed by atoms with van der Waals surface area (Å²) in [5, 5.41) is 0. The number of hydrogen-bond acceptors (Lipinski definition) is 0. The second kappa shape index (κ2) is 4.78. The van der Waals surface area contributed by atoms with Crippen molar-refractivity contribution in [2.24, 2.45) is 5.92 Å². The van der Waals surface area contributed by atoms with Crippen molar-refractivity contribution in [3.05, 3.63) is 0 Å². The molecule has 9 heavy (non-hydrogen) atoms. The van der Waals surface area contributed by atoms with E-state index in [0.29, 0.717) is 12.3 Å². The van der Waals surface area contributed by atoms with Gasteiger partial charge in [-0.2, -0.15) is 0 Å². The van der Waals surface area contributed by atoms with Gasteiger partial charge in [-0.15, -0.1) is 0 Å². The minimum absolute atomic E-state index is 0.301. The highest BCUT2D eigenvalue weighted by molar-refractivity contribution is 4.63. The lowest BCUT2D eigenvalue weighted by atomic mass is 9.96. The number of alkyl halides is 1. The lowest BCUT2D eigenvalue weighted by Gasteiger charge is -2.15. The van der Waals surface area contributed by atoms with E-state index in [-0.39, 0.29) is 0 Å². The fraction of sp³-hybridized carbons (Fsp3) is 1.00. The zero-order valence-corrected chi connectivity index (χ0v) is 6.65. The van der Waals surface area contributed by atoms with Gasteiger partial charge in [0.05, 0.1) is 0 Å². The Hall–Kier alpha value is -0.0700. The molecule has 0 aromatic rings. The van der Waals surface area contributed by atoms with Crippen LogP contribution in [-0.4, -0.2) is 6.17 Å². The highest BCUT2D eigenvalue weighted by Gasteiger charge is 2.13. The highest BCUT2D eigenvalue weighted by atomic mass is 19.1. The fourth-order valence-corrected chi connectivity index (χ4v) is 1.13. The Morgan fingerprint density at radius 1 is 1.00 bits per heavy atom. The molecule has 0 aromatic heterocycles. The van der Waals surface area contributed by atoms with Gasteiger partial charge in [0.2, 0.25) is 0 Å². The average Bonchev–Trinajstić information content (AvgIpc) is 1.90. The van der Waals surface area contributed by atoms with Crippen LogP contribution in [0.4, 0.5) is 4.39 Å². The SMILES string of the molecule is CCC(F)C(CC)CC. The van der Waals surface area contributed by atoms with E-state index < -0.39 is 6.17 Å². The van der Waals surface area contributed by atoms with Gasteiger partial charge in [-0.25, -0.2) is 4.39 Å². The second-order valence-electron chi connectivity index (χ2n) is 2.50. The van der Waals surface area contributed by atoms with Gasteiger partial charge in [-0.05, 0) is 12.3 Å². The lowest BCUT2D eigenvalue weighted by Crippen LogP contribution is -2.12. The van der Waals surface area contributed by atoms with Crippen LogP contribution in [0.3, 0.4) is 0 Å². The molecule has 0 aliphatic rings. The first kappa shape index (κ1) is 8.93. The van der Waals surface area contributed by atoms with Crippen molar-refractivity contribution in [3.63, 3.8) is 0 Å². The van der Waals surface area contributed by atoms with Crippen LogP contribution < -0.4 is 0 Å². The molecule has 0 heterocycles. The zero-order valence-electron chi connectivity index (χ0n) is 6.65. The van der Waals surface area contributed by atoms with Crippen LogP contribution in [0, 0.1) is 5.92 Å². The van der Waals surface area contributed by atoms with E-state index in [9.17, 15) is 4.39 Å². The average molecular weight is 132 g/mol. The first-order valence-electron chi connectivity index (χ1n) is 3.90. The molecular weight excluding hydrogens is 115 g/mol. The van der Waals surface area contributed by atoms with Crippen LogP contribution in [0.25, 0.3) is 0 Å². The molecule has 1 atom stereocenters. The maximum Gasteiger partial charge on any atom is 0.103 e. The molecule has 0 spiro atoms. The van der Waals surface area contributed by atoms with E-state index in [1.807, 2.05) is 6.92 Å². The molecule has 0 fully saturated rings. The van der Waals surface area contributed by atoms with Crippen LogP contribution >= 0.6 is 0 Å². The van der Waals surface area contributed by atoms with Crippen LogP contribution in [0.15, 0.2) is 0 Å². The maximum atomic E-state index is 12.8. The standard InChI is InChI=1S/C8H17F/c1-4-7(5-2)8(9)6-3/h7-8H,4-6H2,1-3H3. The summed E-state index contributed by atoms with van der Waals surface area (Å²) >= 11 is 0. The molecule has 0 rings (SSSR count). The van der Waals surface area contributed by atoms with Crippen molar-refractivity contribution < 1.29 is 4.39 Å². The normalized spacial score (nSPS) is 14.3. The molecule has 0 aliphatic heterocycles. The number of hydrogen-bond donors (Lipinski definition) is 0. The van der Waals surface area contributed by atoms with Crippen molar-refractivity contribution in [1.82, 2.24) is 0 Å². The summed E-state index contributed by atoms with van der Waals surface area (Å²) in [4.78, 5) is 0. The van der Waals surface area contributed by atoms with Crippen LogP contribution in [0.1, 0.15) is 40.0 Å². The Labute approximate surface area is 57.5 Å². The van der Waals surface area contributed by atoms with Gasteiger partial charge in [0.15, 0.2) is 0 Å². The zero-order chi connectivity index (χ0) is 7.28. The third-order valence-corrected chi connectivity index (χ3v) is 1.95. The smallest absolute Gasteiger partial charge is 0.103 e. The van der Waals surface area contributed by atoms with Crippen molar-refractivity contribution >= 4 is 0 Å². The van der Waals surface area contributed by atoms with Gasteiger partial charge in [0.1, 0.15) is 6.17 Å². The quantitative estimate of drug-likeness (QED) is 0.551. The van der Waals surface area contributed by atoms with Crippen LogP contribution in [-0.2, 0) is 0 Å². The van der Waals surface area contributed by atoms with Crippen LogP contribution in [0.5, 0.6) is 0 Å². The van der Waals surface area contributed by atoms with Gasteiger partial charge < -0.3 is 0 Å². The first-order chi connectivity index (χ1) is 4.26. The predicted octanol–water partition coefficient (Wildman–Crippen LogP) is 3.17. The van der Waals surface area contributed by atoms with Crippen LogP contribution in [0.2, 0.25) is 0 Å². The van der Waals surface area contributed by atoms with Crippen molar-refractivity contribution in [2.75, 3.05) is 0 Å². The Morgan fingerprint density at radius 3 is 1.56 bits per heavy atom. The van der Waals surface area contributed by atoms with Gasteiger partial charge in [-0.3, -0.25) is 0 Å². The monoisotopic (exact) mass is 132 g/mol. The maximum absolute atomic E-state index is 12.8. The predicted molar refractivity (Wildman–Crippen MR) is 39.3 cm³/mol. The summed E-state index contributed by atoms with van der Waals surface area (Å²) < 4.78 is 12.8. The molecule has 0 amide bonds. The minimum atomic E-state index is -0.569. The molecule has 0 radical (unpaired) electrons. The summed E-state index contributed by atoms with van der Waals surface area (Å²) in [6.45, 7) is 6.01. The van der Waals surface area contributed by atoms with E-state index >= 15 is 0 Å². The van der Waals surface area contributed by atoms with Gasteiger partial charge >= 0.3 is 0 Å². The lowest BCUT2D eigenvalue weighted by molar-refractivity contribution is 0.210. The molecule has 0 aromatic carbocycles. The molecule has 56 valence electrons. The Morgan fingerprint density at radius 2 is 1.44 bits per heavy atom. The molecular formula is C8H17F. The van der Waals surface area contributed by atoms with E-state index in [4.69, 9.17) is 0 Å². The minimum Gasteiger partial charge on any atom is -0.247 e. The third kappa shape index (κ3) is 2.83. The van der Waals surface area contributed by atoms with Crippen molar-refractivity contribution in [2.45, 2.75) is 46.2 Å². The Balaban J connectivity index is 3.50. The van der Waals surface area contributed by atoms with Gasteiger partial charge in [0, 0.05) is 0 Å². The molecule has 0 bridgehead atoms. The molecule has 0 nitrogen and oxygen atoms in total. The third-order valence-electron chi connectivity index (χ3n) is 1.95. The topological polar surface area (TPSA) is 0 Å². The summed E-state index contributed by atoms with van der Waals surface area (Å²) in [6.07, 6.45) is 2.06. The Kier molecular flexibility index (Phi) is 4.74. The largest absolute Gasteiger partial charge is 0.247 e.